The highest BCUT2D eigenvalue weighted by atomic mass is 35.5. The van der Waals surface area contributed by atoms with Gasteiger partial charge in [-0.3, -0.25) is 9.69 Å². The first-order valence-electron chi connectivity index (χ1n) is 14.4. The lowest BCUT2D eigenvalue weighted by Gasteiger charge is -2.44. The molecule has 2 saturated heterocycles. The molecule has 0 aromatic heterocycles. The zero-order valence-electron chi connectivity index (χ0n) is 24.2. The van der Waals surface area contributed by atoms with Crippen molar-refractivity contribution in [1.29, 1.82) is 0 Å². The van der Waals surface area contributed by atoms with Crippen molar-refractivity contribution in [1.82, 2.24) is 9.80 Å². The van der Waals surface area contributed by atoms with Gasteiger partial charge in [0.15, 0.2) is 11.5 Å². The highest BCUT2D eigenvalue weighted by molar-refractivity contribution is 6.42. The number of rotatable bonds is 8. The molecule has 6 rings (SSSR count). The van der Waals surface area contributed by atoms with Crippen LogP contribution in [0.15, 0.2) is 54.6 Å². The maximum Gasteiger partial charge on any atom is 0.254 e. The van der Waals surface area contributed by atoms with E-state index in [4.69, 9.17) is 42.1 Å². The van der Waals surface area contributed by atoms with Crippen LogP contribution in [0.5, 0.6) is 17.2 Å². The summed E-state index contributed by atoms with van der Waals surface area (Å²) in [5, 5.41) is 0.959. The molecule has 42 heavy (non-hydrogen) atoms. The van der Waals surface area contributed by atoms with Crippen molar-refractivity contribution >= 4 is 29.1 Å². The fourth-order valence-electron chi connectivity index (χ4n) is 7.06. The second-order valence-electron chi connectivity index (χ2n) is 11.3. The van der Waals surface area contributed by atoms with Gasteiger partial charge in [0.1, 0.15) is 5.60 Å². The third-order valence-electron chi connectivity index (χ3n) is 9.18. The molecule has 222 valence electrons. The number of carbonyl (C=O) groups is 1. The van der Waals surface area contributed by atoms with Gasteiger partial charge in [-0.2, -0.15) is 0 Å². The molecule has 2 fully saturated rings. The molecule has 3 aliphatic rings. The number of halogens is 2. The Morgan fingerprint density at radius 1 is 0.976 bits per heavy atom. The standard InChI is InChI=1S/C33H36Cl2N2O5/c1-39-29-17-22(18-30(40-2)31(29)41-3)32(38)37-14-15-42-33(20-37,23-8-9-26(34)27(35)19-23)11-13-36-12-10-25-24-7-5-4-6-21(24)16-28(25)36/h4-9,17-19,25,28H,10-16,20H2,1-3H3. The molecule has 2 heterocycles. The van der Waals surface area contributed by atoms with Gasteiger partial charge in [0.25, 0.3) is 5.91 Å². The van der Waals surface area contributed by atoms with E-state index in [-0.39, 0.29) is 5.91 Å². The van der Waals surface area contributed by atoms with Gasteiger partial charge in [0.2, 0.25) is 5.75 Å². The molecule has 1 amide bonds. The number of benzene rings is 3. The van der Waals surface area contributed by atoms with Gasteiger partial charge >= 0.3 is 0 Å². The van der Waals surface area contributed by atoms with Gasteiger partial charge in [-0.05, 0) is 66.8 Å². The molecule has 3 unspecified atom stereocenters. The normalized spacial score (nSPS) is 23.4. The second kappa shape index (κ2) is 12.0. The number of amides is 1. The number of morpholine rings is 1. The van der Waals surface area contributed by atoms with Crippen LogP contribution in [0.3, 0.4) is 0 Å². The molecule has 0 spiro atoms. The first-order valence-corrected chi connectivity index (χ1v) is 15.1. The Hall–Kier alpha value is -2.97. The SMILES string of the molecule is COc1cc(C(=O)N2CCOC(CCN3CCC4c5ccccc5CC43)(c3ccc(Cl)c(Cl)c3)C2)cc(OC)c1OC. The predicted octanol–water partition coefficient (Wildman–Crippen LogP) is 6.19. The van der Waals surface area contributed by atoms with Gasteiger partial charge in [0, 0.05) is 30.6 Å². The molecule has 7 nitrogen and oxygen atoms in total. The summed E-state index contributed by atoms with van der Waals surface area (Å²) in [6.07, 6.45) is 2.95. The van der Waals surface area contributed by atoms with Crippen LogP contribution in [-0.4, -0.2) is 75.9 Å². The lowest BCUT2D eigenvalue weighted by molar-refractivity contribution is -0.113. The average Bonchev–Trinajstić information content (AvgIpc) is 3.59. The Balaban J connectivity index is 1.28. The van der Waals surface area contributed by atoms with Gasteiger partial charge in [-0.25, -0.2) is 0 Å². The van der Waals surface area contributed by atoms with E-state index in [1.807, 2.05) is 23.1 Å². The lowest BCUT2D eigenvalue weighted by atomic mass is 9.87. The first kappa shape index (κ1) is 29.1. The van der Waals surface area contributed by atoms with Crippen molar-refractivity contribution in [3.63, 3.8) is 0 Å². The minimum absolute atomic E-state index is 0.130. The van der Waals surface area contributed by atoms with Gasteiger partial charge in [-0.1, -0.05) is 53.5 Å². The summed E-state index contributed by atoms with van der Waals surface area (Å²) in [5.74, 6) is 1.76. The number of hydrogen-bond donors (Lipinski definition) is 0. The largest absolute Gasteiger partial charge is 0.493 e. The number of likely N-dealkylation sites (tertiary alicyclic amines) is 1. The second-order valence-corrected chi connectivity index (χ2v) is 12.1. The zero-order chi connectivity index (χ0) is 29.4. The van der Waals surface area contributed by atoms with Crippen LogP contribution in [0.25, 0.3) is 0 Å². The Bertz CT molecular complexity index is 1460. The summed E-state index contributed by atoms with van der Waals surface area (Å²) in [5.41, 5.74) is 3.60. The minimum Gasteiger partial charge on any atom is -0.493 e. The summed E-state index contributed by atoms with van der Waals surface area (Å²) < 4.78 is 23.1. The van der Waals surface area contributed by atoms with Crippen molar-refractivity contribution in [3.05, 3.63) is 86.9 Å². The fourth-order valence-corrected chi connectivity index (χ4v) is 7.35. The molecule has 3 aromatic carbocycles. The third kappa shape index (κ3) is 5.21. The summed E-state index contributed by atoms with van der Waals surface area (Å²) in [6, 6.07) is 18.4. The van der Waals surface area contributed by atoms with Crippen molar-refractivity contribution < 1.29 is 23.7 Å². The third-order valence-corrected chi connectivity index (χ3v) is 9.92. The van der Waals surface area contributed by atoms with E-state index < -0.39 is 5.60 Å². The molecule has 0 saturated carbocycles. The van der Waals surface area contributed by atoms with Crippen molar-refractivity contribution in [2.75, 3.05) is 54.1 Å². The Morgan fingerprint density at radius 3 is 2.45 bits per heavy atom. The molecule has 3 aromatic rings. The smallest absolute Gasteiger partial charge is 0.254 e. The monoisotopic (exact) mass is 610 g/mol. The zero-order valence-corrected chi connectivity index (χ0v) is 25.7. The predicted molar refractivity (Wildman–Crippen MR) is 164 cm³/mol. The summed E-state index contributed by atoms with van der Waals surface area (Å²) in [6.45, 7) is 3.13. The van der Waals surface area contributed by atoms with Crippen LogP contribution in [-0.2, 0) is 16.8 Å². The van der Waals surface area contributed by atoms with Gasteiger partial charge in [-0.15, -0.1) is 0 Å². The fraction of sp³-hybridized carbons (Fsp3) is 0.424. The number of nitrogens with zero attached hydrogens (tertiary/aromatic N) is 2. The van der Waals surface area contributed by atoms with Crippen LogP contribution in [0.2, 0.25) is 10.0 Å². The van der Waals surface area contributed by atoms with E-state index in [9.17, 15) is 4.79 Å². The molecule has 3 atom stereocenters. The van der Waals surface area contributed by atoms with Gasteiger partial charge in [0.05, 0.1) is 44.5 Å². The first-order chi connectivity index (χ1) is 20.4. The Labute approximate surface area is 257 Å². The van der Waals surface area contributed by atoms with E-state index in [1.165, 1.54) is 11.1 Å². The molecular formula is C33H36Cl2N2O5. The van der Waals surface area contributed by atoms with E-state index in [0.29, 0.717) is 70.9 Å². The number of methoxy groups -OCH3 is 3. The Kier molecular flexibility index (Phi) is 8.29. The van der Waals surface area contributed by atoms with E-state index in [0.717, 1.165) is 31.5 Å². The lowest BCUT2D eigenvalue weighted by Crippen LogP contribution is -2.53. The quantitative estimate of drug-likeness (QED) is 0.303. The van der Waals surface area contributed by atoms with Crippen molar-refractivity contribution in [2.24, 2.45) is 0 Å². The number of fused-ring (bicyclic) bond motifs is 3. The van der Waals surface area contributed by atoms with E-state index in [2.05, 4.69) is 29.2 Å². The highest BCUT2D eigenvalue weighted by Crippen LogP contribution is 2.45. The number of ether oxygens (including phenoxy) is 4. The molecule has 0 N–H and O–H groups in total. The van der Waals surface area contributed by atoms with E-state index in [1.54, 1.807) is 33.5 Å². The molecular weight excluding hydrogens is 575 g/mol. The minimum atomic E-state index is -0.744. The number of hydrogen-bond acceptors (Lipinski definition) is 6. The summed E-state index contributed by atoms with van der Waals surface area (Å²) in [7, 11) is 4.63. The van der Waals surface area contributed by atoms with Crippen LogP contribution in [0, 0.1) is 0 Å². The number of carbonyl (C=O) groups excluding carboxylic acids is 1. The van der Waals surface area contributed by atoms with Crippen LogP contribution < -0.4 is 14.2 Å². The van der Waals surface area contributed by atoms with Crippen LogP contribution >= 0.6 is 23.2 Å². The van der Waals surface area contributed by atoms with Crippen molar-refractivity contribution in [3.8, 4) is 17.2 Å². The molecule has 0 radical (unpaired) electrons. The maximum atomic E-state index is 14.0. The van der Waals surface area contributed by atoms with Crippen LogP contribution in [0.4, 0.5) is 0 Å². The maximum absolute atomic E-state index is 14.0. The highest BCUT2D eigenvalue weighted by Gasteiger charge is 2.44. The summed E-state index contributed by atoms with van der Waals surface area (Å²) >= 11 is 12.8. The average molecular weight is 612 g/mol. The molecule has 0 bridgehead atoms. The Morgan fingerprint density at radius 2 is 1.74 bits per heavy atom. The topological polar surface area (TPSA) is 60.5 Å². The van der Waals surface area contributed by atoms with Crippen molar-refractivity contribution in [2.45, 2.75) is 36.8 Å². The van der Waals surface area contributed by atoms with Crippen LogP contribution in [0.1, 0.15) is 45.8 Å². The molecule has 2 aliphatic heterocycles. The van der Waals surface area contributed by atoms with Gasteiger partial charge < -0.3 is 23.8 Å². The summed E-state index contributed by atoms with van der Waals surface area (Å²) in [4.78, 5) is 18.4. The molecule has 9 heteroatoms. The van der Waals surface area contributed by atoms with E-state index >= 15 is 0 Å². The molecule has 1 aliphatic carbocycles.